The zero-order valence-electron chi connectivity index (χ0n) is 12.3. The van der Waals surface area contributed by atoms with Gasteiger partial charge in [0.25, 0.3) is 0 Å². The topological polar surface area (TPSA) is 21.6 Å². The van der Waals surface area contributed by atoms with Crippen molar-refractivity contribution < 1.29 is 66.2 Å². The Kier molecular flexibility index (Phi) is 5.69. The zero-order chi connectivity index (χ0) is 21.7. The molecule has 0 amide bonds. The highest BCUT2D eigenvalue weighted by Crippen LogP contribution is 2.60. The second kappa shape index (κ2) is 6.53. The quantitative estimate of drug-likeness (QED) is 0.523. The zero-order valence-corrected chi connectivity index (χ0v) is 12.3. The van der Waals surface area contributed by atoms with E-state index in [2.05, 4.69) is 9.73 Å². The van der Waals surface area contributed by atoms with Gasteiger partial charge in [-0.05, 0) is 0 Å². The van der Waals surface area contributed by atoms with E-state index in [1.54, 1.807) is 0 Å². The number of nitrogens with zero attached hydrogens (tertiary/aromatic N) is 1. The van der Waals surface area contributed by atoms with E-state index < -0.39 is 60.9 Å². The lowest BCUT2D eigenvalue weighted by atomic mass is 9.91. The van der Waals surface area contributed by atoms with Crippen molar-refractivity contribution in [1.82, 2.24) is 0 Å². The average molecular weight is 435 g/mol. The maximum atomic E-state index is 13.4. The number of hydrogen-bond acceptors (Lipinski definition) is 2. The fraction of sp³-hybridized carbons (Fsp3) is 0.909. The molecule has 16 heteroatoms. The molecule has 2 nitrogen and oxygen atoms in total. The second-order valence-electron chi connectivity index (χ2n) is 5.24. The molecule has 1 aliphatic heterocycles. The van der Waals surface area contributed by atoms with Crippen LogP contribution in [-0.4, -0.2) is 61.0 Å². The summed E-state index contributed by atoms with van der Waals surface area (Å²) in [6, 6.07) is 0. The third-order valence-electron chi connectivity index (χ3n) is 3.31. The van der Waals surface area contributed by atoms with E-state index in [4.69, 9.17) is 0 Å². The molecule has 1 heterocycles. The van der Waals surface area contributed by atoms with Crippen LogP contribution in [0.2, 0.25) is 0 Å². The summed E-state index contributed by atoms with van der Waals surface area (Å²) in [5, 5.41) is 0. The molecule has 0 spiro atoms. The molecular formula is C11H7F14NO. The van der Waals surface area contributed by atoms with Gasteiger partial charge < -0.3 is 4.74 Å². The summed E-state index contributed by atoms with van der Waals surface area (Å²) in [5.41, 5.74) is 0. The van der Waals surface area contributed by atoms with Crippen molar-refractivity contribution in [2.75, 3.05) is 13.2 Å². The van der Waals surface area contributed by atoms with Crippen molar-refractivity contribution in [1.29, 1.82) is 0 Å². The standard InChI is InChI=1S/C11H7F14NO/c12-4(5-26-1-2-27-5)3-6(13,14)7(15,16)8(17,18)9(19,20)10(21,22)11(23,24)25/h4H,1-3H2. The van der Waals surface area contributed by atoms with E-state index in [1.165, 1.54) is 0 Å². The smallest absolute Gasteiger partial charge is 0.460 e. The Hall–Kier alpha value is -1.51. The minimum absolute atomic E-state index is 0.343. The number of aliphatic imine (C=N–C) groups is 1. The molecular weight excluding hydrogens is 428 g/mol. The highest BCUT2D eigenvalue weighted by atomic mass is 19.4. The molecule has 0 aromatic heterocycles. The Morgan fingerprint density at radius 3 is 1.56 bits per heavy atom. The molecule has 0 aliphatic carbocycles. The molecule has 27 heavy (non-hydrogen) atoms. The molecule has 160 valence electrons. The normalized spacial score (nSPS) is 19.0. The van der Waals surface area contributed by atoms with Crippen LogP contribution in [0.15, 0.2) is 4.99 Å². The minimum atomic E-state index is -8.00. The molecule has 0 bridgehead atoms. The summed E-state index contributed by atoms with van der Waals surface area (Å²) < 4.78 is 184. The molecule has 1 aliphatic rings. The molecule has 1 unspecified atom stereocenters. The van der Waals surface area contributed by atoms with Crippen molar-refractivity contribution in [3.63, 3.8) is 0 Å². The highest BCUT2D eigenvalue weighted by molar-refractivity contribution is 5.81. The van der Waals surface area contributed by atoms with Gasteiger partial charge in [-0.15, -0.1) is 0 Å². The fourth-order valence-electron chi connectivity index (χ4n) is 1.78. The number of hydrogen-bond donors (Lipinski definition) is 0. The van der Waals surface area contributed by atoms with Crippen LogP contribution in [0, 0.1) is 0 Å². The molecule has 0 radical (unpaired) electrons. The molecule has 1 atom stereocenters. The first-order valence-corrected chi connectivity index (χ1v) is 6.51. The maximum Gasteiger partial charge on any atom is 0.460 e. The Labute approximate surface area is 140 Å². The van der Waals surface area contributed by atoms with Crippen molar-refractivity contribution in [3.8, 4) is 0 Å². The summed E-state index contributed by atoms with van der Waals surface area (Å²) in [4.78, 5) is 3.02. The van der Waals surface area contributed by atoms with Crippen LogP contribution in [0.3, 0.4) is 0 Å². The first-order chi connectivity index (χ1) is 11.7. The van der Waals surface area contributed by atoms with Gasteiger partial charge in [0, 0.05) is 0 Å². The molecule has 0 aromatic rings. The van der Waals surface area contributed by atoms with Gasteiger partial charge in [0.1, 0.15) is 6.61 Å². The summed E-state index contributed by atoms with van der Waals surface area (Å²) in [6.45, 7) is -0.756. The molecule has 1 rings (SSSR count). The van der Waals surface area contributed by atoms with E-state index in [0.29, 0.717) is 0 Å². The van der Waals surface area contributed by atoms with Crippen LogP contribution in [0.1, 0.15) is 6.42 Å². The van der Waals surface area contributed by atoms with Gasteiger partial charge in [0.05, 0.1) is 13.0 Å². The first kappa shape index (κ1) is 23.5. The Morgan fingerprint density at radius 1 is 0.741 bits per heavy atom. The van der Waals surface area contributed by atoms with Gasteiger partial charge in [-0.1, -0.05) is 0 Å². The van der Waals surface area contributed by atoms with Crippen molar-refractivity contribution in [2.45, 2.75) is 48.4 Å². The van der Waals surface area contributed by atoms with Gasteiger partial charge in [0.2, 0.25) is 5.90 Å². The van der Waals surface area contributed by atoms with Crippen molar-refractivity contribution in [2.24, 2.45) is 4.99 Å². The average Bonchev–Trinajstić information content (AvgIpc) is 2.98. The van der Waals surface area contributed by atoms with E-state index in [-0.39, 0.29) is 6.54 Å². The second-order valence-corrected chi connectivity index (χ2v) is 5.24. The molecule has 0 saturated heterocycles. The van der Waals surface area contributed by atoms with Crippen LogP contribution >= 0.6 is 0 Å². The molecule has 0 fully saturated rings. The third kappa shape index (κ3) is 3.50. The minimum Gasteiger partial charge on any atom is -0.477 e. The van der Waals surface area contributed by atoms with Gasteiger partial charge in [-0.3, -0.25) is 0 Å². The SMILES string of the molecule is FC(CC(F)(F)C(F)(F)C(F)(F)C(F)(F)C(F)(F)C(F)(F)F)C1=NCCO1. The summed E-state index contributed by atoms with van der Waals surface area (Å²) in [6.07, 6.45) is -13.8. The summed E-state index contributed by atoms with van der Waals surface area (Å²) in [5.74, 6) is -39.0. The van der Waals surface area contributed by atoms with E-state index in [1.807, 2.05) is 0 Å². The summed E-state index contributed by atoms with van der Waals surface area (Å²) in [7, 11) is 0. The predicted molar refractivity (Wildman–Crippen MR) is 58.6 cm³/mol. The lowest BCUT2D eigenvalue weighted by molar-refractivity contribution is -0.440. The van der Waals surface area contributed by atoms with Gasteiger partial charge >= 0.3 is 35.8 Å². The van der Waals surface area contributed by atoms with Crippen LogP contribution in [-0.2, 0) is 4.74 Å². The monoisotopic (exact) mass is 435 g/mol. The fourth-order valence-corrected chi connectivity index (χ4v) is 1.78. The summed E-state index contributed by atoms with van der Waals surface area (Å²) >= 11 is 0. The van der Waals surface area contributed by atoms with Crippen LogP contribution in [0.5, 0.6) is 0 Å². The maximum absolute atomic E-state index is 13.4. The van der Waals surface area contributed by atoms with Gasteiger partial charge in [-0.25, -0.2) is 9.38 Å². The lowest BCUT2D eigenvalue weighted by Crippen LogP contribution is -2.70. The number of ether oxygens (including phenoxy) is 1. The molecule has 0 N–H and O–H groups in total. The largest absolute Gasteiger partial charge is 0.477 e. The van der Waals surface area contributed by atoms with Crippen LogP contribution < -0.4 is 0 Å². The molecule has 0 saturated carbocycles. The number of rotatable bonds is 7. The van der Waals surface area contributed by atoms with Crippen LogP contribution in [0.25, 0.3) is 0 Å². The van der Waals surface area contributed by atoms with Gasteiger partial charge in [0.15, 0.2) is 6.17 Å². The number of halogens is 14. The van der Waals surface area contributed by atoms with Crippen molar-refractivity contribution >= 4 is 5.90 Å². The Balaban J connectivity index is 3.28. The number of alkyl halides is 14. The van der Waals surface area contributed by atoms with Gasteiger partial charge in [-0.2, -0.15) is 57.1 Å². The van der Waals surface area contributed by atoms with Crippen molar-refractivity contribution in [3.05, 3.63) is 0 Å². The van der Waals surface area contributed by atoms with E-state index in [0.717, 1.165) is 0 Å². The Bertz CT molecular complexity index is 580. The third-order valence-corrected chi connectivity index (χ3v) is 3.31. The highest BCUT2D eigenvalue weighted by Gasteiger charge is 2.90. The predicted octanol–water partition coefficient (Wildman–Crippen LogP) is 4.88. The van der Waals surface area contributed by atoms with E-state index >= 15 is 0 Å². The van der Waals surface area contributed by atoms with Crippen LogP contribution in [0.4, 0.5) is 61.5 Å². The Morgan fingerprint density at radius 2 is 1.19 bits per heavy atom. The van der Waals surface area contributed by atoms with E-state index in [9.17, 15) is 61.5 Å². The molecule has 0 aromatic carbocycles. The lowest BCUT2D eigenvalue weighted by Gasteiger charge is -2.39. The first-order valence-electron chi connectivity index (χ1n) is 6.51.